The van der Waals surface area contributed by atoms with Crippen molar-refractivity contribution in [2.75, 3.05) is 33.4 Å². The summed E-state index contributed by atoms with van der Waals surface area (Å²) in [6.07, 6.45) is 5.58. The van der Waals surface area contributed by atoms with Crippen LogP contribution < -0.4 is 0 Å². The number of rotatable bonds is 3. The molecule has 0 N–H and O–H groups in total. The molecule has 0 aromatic heterocycles. The average Bonchev–Trinajstić information content (AvgIpc) is 2.29. The molecule has 1 heterocycles. The van der Waals surface area contributed by atoms with Crippen LogP contribution in [0, 0.1) is 0 Å². The van der Waals surface area contributed by atoms with Gasteiger partial charge in [-0.2, -0.15) is 0 Å². The van der Waals surface area contributed by atoms with Crippen LogP contribution in [0.5, 0.6) is 0 Å². The van der Waals surface area contributed by atoms with Crippen LogP contribution in [0.2, 0.25) is 0 Å². The first-order valence-corrected chi connectivity index (χ1v) is 4.99. The summed E-state index contributed by atoms with van der Waals surface area (Å²) in [4.78, 5) is 13.2. The van der Waals surface area contributed by atoms with Gasteiger partial charge in [0.05, 0.1) is 20.3 Å². The molecule has 0 atom stereocenters. The van der Waals surface area contributed by atoms with Gasteiger partial charge in [0.25, 0.3) is 0 Å². The number of hydrogen-bond donors (Lipinski definition) is 0. The van der Waals surface area contributed by atoms with Crippen molar-refractivity contribution in [3.8, 4) is 0 Å². The molecule has 4 nitrogen and oxygen atoms in total. The summed E-state index contributed by atoms with van der Waals surface area (Å²) in [6.45, 7) is 5.08. The Balaban J connectivity index is 2.39. The topological polar surface area (TPSA) is 38.8 Å². The maximum Gasteiger partial charge on any atom is 0.333 e. The van der Waals surface area contributed by atoms with Crippen molar-refractivity contribution >= 4 is 5.97 Å². The van der Waals surface area contributed by atoms with E-state index in [1.807, 2.05) is 12.3 Å². The minimum Gasteiger partial charge on any atom is -0.466 e. The van der Waals surface area contributed by atoms with Crippen LogP contribution in [0.4, 0.5) is 0 Å². The van der Waals surface area contributed by atoms with Gasteiger partial charge in [0.1, 0.15) is 0 Å². The molecule has 0 spiro atoms. The molecule has 0 unspecified atom stereocenters. The van der Waals surface area contributed by atoms with E-state index in [2.05, 4.69) is 9.64 Å². The largest absolute Gasteiger partial charge is 0.466 e. The first-order chi connectivity index (χ1) is 7.24. The van der Waals surface area contributed by atoms with E-state index in [4.69, 9.17) is 4.74 Å². The monoisotopic (exact) mass is 211 g/mol. The summed E-state index contributed by atoms with van der Waals surface area (Å²) in [7, 11) is 1.38. The number of allylic oxidation sites excluding steroid dienone is 2. The predicted molar refractivity (Wildman–Crippen MR) is 57.3 cm³/mol. The lowest BCUT2D eigenvalue weighted by Gasteiger charge is -2.24. The molecule has 0 radical (unpaired) electrons. The van der Waals surface area contributed by atoms with Crippen LogP contribution in [0.15, 0.2) is 23.9 Å². The highest BCUT2D eigenvalue weighted by Crippen LogP contribution is 2.00. The number of methoxy groups -OCH3 is 1. The molecule has 4 heteroatoms. The second-order valence-electron chi connectivity index (χ2n) is 3.33. The Morgan fingerprint density at radius 2 is 2.07 bits per heavy atom. The average molecular weight is 211 g/mol. The zero-order valence-electron chi connectivity index (χ0n) is 9.23. The van der Waals surface area contributed by atoms with Crippen molar-refractivity contribution in [1.29, 1.82) is 0 Å². The van der Waals surface area contributed by atoms with Crippen molar-refractivity contribution in [3.63, 3.8) is 0 Å². The molecule has 0 saturated carbocycles. The fourth-order valence-electron chi connectivity index (χ4n) is 1.26. The van der Waals surface area contributed by atoms with Crippen LogP contribution in [-0.2, 0) is 14.3 Å². The van der Waals surface area contributed by atoms with Gasteiger partial charge in [-0.25, -0.2) is 4.79 Å². The van der Waals surface area contributed by atoms with Gasteiger partial charge in [-0.15, -0.1) is 0 Å². The van der Waals surface area contributed by atoms with E-state index in [-0.39, 0.29) is 5.97 Å². The highest BCUT2D eigenvalue weighted by molar-refractivity contribution is 5.87. The molecule has 1 fully saturated rings. The molecular weight excluding hydrogens is 194 g/mol. The molecule has 0 aromatic rings. The minimum absolute atomic E-state index is 0.290. The molecular formula is C11H17NO3. The molecule has 0 aromatic carbocycles. The molecule has 84 valence electrons. The SMILES string of the molecule is COC(=O)/C(C)=C\C=C\N1CCOCC1. The Labute approximate surface area is 90.2 Å². The number of morpholine rings is 1. The number of nitrogens with zero attached hydrogens (tertiary/aromatic N) is 1. The quantitative estimate of drug-likeness (QED) is 0.396. The van der Waals surface area contributed by atoms with E-state index >= 15 is 0 Å². The van der Waals surface area contributed by atoms with Gasteiger partial charge in [-0.1, -0.05) is 6.08 Å². The number of ether oxygens (including phenoxy) is 2. The van der Waals surface area contributed by atoms with Gasteiger partial charge < -0.3 is 14.4 Å². The van der Waals surface area contributed by atoms with Gasteiger partial charge in [0.15, 0.2) is 0 Å². The summed E-state index contributed by atoms with van der Waals surface area (Å²) in [5, 5.41) is 0. The van der Waals surface area contributed by atoms with Gasteiger partial charge in [0, 0.05) is 18.7 Å². The number of carbonyl (C=O) groups is 1. The second kappa shape index (κ2) is 6.24. The van der Waals surface area contributed by atoms with E-state index in [0.717, 1.165) is 26.3 Å². The molecule has 0 bridgehead atoms. The standard InChI is InChI=1S/C11H17NO3/c1-10(11(13)14-2)4-3-5-12-6-8-15-9-7-12/h3-5H,6-9H2,1-2H3/b5-3+,10-4-. The second-order valence-corrected chi connectivity index (χ2v) is 3.33. The zero-order valence-corrected chi connectivity index (χ0v) is 9.23. The number of hydrogen-bond acceptors (Lipinski definition) is 4. The Morgan fingerprint density at radius 3 is 2.67 bits per heavy atom. The highest BCUT2D eigenvalue weighted by atomic mass is 16.5. The van der Waals surface area contributed by atoms with Gasteiger partial charge >= 0.3 is 5.97 Å². The van der Waals surface area contributed by atoms with Gasteiger partial charge in [0.2, 0.25) is 0 Å². The van der Waals surface area contributed by atoms with Crippen LogP contribution in [0.25, 0.3) is 0 Å². The first-order valence-electron chi connectivity index (χ1n) is 4.99. The third kappa shape index (κ3) is 4.16. The summed E-state index contributed by atoms with van der Waals surface area (Å²) in [5.41, 5.74) is 0.599. The summed E-state index contributed by atoms with van der Waals surface area (Å²) in [5.74, 6) is -0.290. The summed E-state index contributed by atoms with van der Waals surface area (Å²) in [6, 6.07) is 0. The first kappa shape index (κ1) is 11.8. The van der Waals surface area contributed by atoms with E-state index in [9.17, 15) is 4.79 Å². The number of carbonyl (C=O) groups excluding carboxylic acids is 1. The zero-order chi connectivity index (χ0) is 11.1. The summed E-state index contributed by atoms with van der Waals surface area (Å²) >= 11 is 0. The Hall–Kier alpha value is -1.29. The Morgan fingerprint density at radius 1 is 1.40 bits per heavy atom. The normalized spacial score (nSPS) is 18.3. The fourth-order valence-corrected chi connectivity index (χ4v) is 1.26. The number of esters is 1. The lowest BCUT2D eigenvalue weighted by Crippen LogP contribution is -2.31. The lowest BCUT2D eigenvalue weighted by atomic mass is 10.3. The van der Waals surface area contributed by atoms with Crippen molar-refractivity contribution < 1.29 is 14.3 Å². The van der Waals surface area contributed by atoms with Crippen LogP contribution in [0.1, 0.15) is 6.92 Å². The molecule has 15 heavy (non-hydrogen) atoms. The Bertz CT molecular complexity index is 265. The van der Waals surface area contributed by atoms with Crippen molar-refractivity contribution in [1.82, 2.24) is 4.90 Å². The van der Waals surface area contributed by atoms with Gasteiger partial charge in [-0.05, 0) is 19.2 Å². The molecule has 1 saturated heterocycles. The maximum absolute atomic E-state index is 11.0. The van der Waals surface area contributed by atoms with E-state index in [1.54, 1.807) is 13.0 Å². The fraction of sp³-hybridized carbons (Fsp3) is 0.545. The smallest absolute Gasteiger partial charge is 0.333 e. The van der Waals surface area contributed by atoms with Crippen LogP contribution >= 0.6 is 0 Å². The van der Waals surface area contributed by atoms with Gasteiger partial charge in [-0.3, -0.25) is 0 Å². The van der Waals surface area contributed by atoms with Crippen molar-refractivity contribution in [3.05, 3.63) is 23.9 Å². The Kier molecular flexibility index (Phi) is 4.90. The summed E-state index contributed by atoms with van der Waals surface area (Å²) < 4.78 is 9.80. The molecule has 0 aliphatic carbocycles. The van der Waals surface area contributed by atoms with Crippen molar-refractivity contribution in [2.24, 2.45) is 0 Å². The molecule has 1 aliphatic rings. The predicted octanol–water partition coefficient (Wildman–Crippen LogP) is 0.952. The minimum atomic E-state index is -0.290. The lowest BCUT2D eigenvalue weighted by molar-refractivity contribution is -0.136. The maximum atomic E-state index is 11.0. The molecule has 1 rings (SSSR count). The van der Waals surface area contributed by atoms with E-state index in [0.29, 0.717) is 5.57 Å². The third-order valence-corrected chi connectivity index (χ3v) is 2.20. The molecule has 0 amide bonds. The molecule has 1 aliphatic heterocycles. The van der Waals surface area contributed by atoms with Crippen molar-refractivity contribution in [2.45, 2.75) is 6.92 Å². The van der Waals surface area contributed by atoms with Crippen LogP contribution in [0.3, 0.4) is 0 Å². The van der Waals surface area contributed by atoms with Crippen LogP contribution in [-0.4, -0.2) is 44.3 Å². The highest BCUT2D eigenvalue weighted by Gasteiger charge is 2.04. The third-order valence-electron chi connectivity index (χ3n) is 2.20. The van der Waals surface area contributed by atoms with E-state index < -0.39 is 0 Å². The van der Waals surface area contributed by atoms with E-state index in [1.165, 1.54) is 7.11 Å².